The van der Waals surface area contributed by atoms with E-state index in [9.17, 15) is 9.90 Å². The Balaban J connectivity index is 2.30. The van der Waals surface area contributed by atoms with Gasteiger partial charge in [0, 0.05) is 12.0 Å². The lowest BCUT2D eigenvalue weighted by atomic mass is 10.0. The number of rotatable bonds is 8. The minimum atomic E-state index is -1.03. The van der Waals surface area contributed by atoms with Crippen molar-refractivity contribution in [3.05, 3.63) is 53.6 Å². The summed E-state index contributed by atoms with van der Waals surface area (Å²) in [5, 5.41) is 9.62. The first-order valence-corrected chi connectivity index (χ1v) is 8.15. The van der Waals surface area contributed by atoms with Gasteiger partial charge in [-0.25, -0.2) is 4.79 Å². The summed E-state index contributed by atoms with van der Waals surface area (Å²) in [5.74, 6) is 1.04. The van der Waals surface area contributed by atoms with Gasteiger partial charge >= 0.3 is 5.97 Å². The predicted octanol–water partition coefficient (Wildman–Crippen LogP) is 3.90. The number of carboxylic acids is 1. The van der Waals surface area contributed by atoms with Gasteiger partial charge in [0.1, 0.15) is 17.2 Å². The molecule has 134 valence electrons. The Morgan fingerprint density at radius 2 is 1.76 bits per heavy atom. The summed E-state index contributed by atoms with van der Waals surface area (Å²) in [6.45, 7) is 4.09. The Labute approximate surface area is 148 Å². The molecule has 25 heavy (non-hydrogen) atoms. The first-order chi connectivity index (χ1) is 12.0. The molecule has 0 aliphatic heterocycles. The Hall–Kier alpha value is -2.69. The molecule has 0 amide bonds. The number of para-hydroxylation sites is 1. The zero-order chi connectivity index (χ0) is 18.4. The number of ether oxygens (including phenoxy) is 3. The number of carboxylic acid groups (broad SMARTS) is 1. The van der Waals surface area contributed by atoms with Crippen LogP contribution in [0.15, 0.2) is 42.5 Å². The predicted molar refractivity (Wildman–Crippen MR) is 95.8 cm³/mol. The average Bonchev–Trinajstić information content (AvgIpc) is 2.61. The van der Waals surface area contributed by atoms with Crippen LogP contribution in [-0.2, 0) is 11.2 Å². The van der Waals surface area contributed by atoms with E-state index in [0.29, 0.717) is 17.2 Å². The van der Waals surface area contributed by atoms with Crippen molar-refractivity contribution in [1.82, 2.24) is 0 Å². The van der Waals surface area contributed by atoms with Gasteiger partial charge in [-0.2, -0.15) is 0 Å². The third kappa shape index (κ3) is 4.66. The molecule has 5 heteroatoms. The topological polar surface area (TPSA) is 65.0 Å². The molecular weight excluding hydrogens is 320 g/mol. The maximum Gasteiger partial charge on any atom is 0.345 e. The van der Waals surface area contributed by atoms with Gasteiger partial charge in [-0.1, -0.05) is 32.0 Å². The number of hydrogen-bond donors (Lipinski definition) is 1. The molecule has 1 N–H and O–H groups in total. The van der Waals surface area contributed by atoms with Crippen LogP contribution in [0.2, 0.25) is 0 Å². The molecule has 5 nitrogen and oxygen atoms in total. The van der Waals surface area contributed by atoms with Gasteiger partial charge in [0.15, 0.2) is 6.10 Å². The summed E-state index contributed by atoms with van der Waals surface area (Å²) < 4.78 is 16.4. The first-order valence-electron chi connectivity index (χ1n) is 8.15. The summed E-state index contributed by atoms with van der Waals surface area (Å²) in [4.78, 5) is 11.7. The largest absolute Gasteiger partial charge is 0.497 e. The van der Waals surface area contributed by atoms with Gasteiger partial charge in [-0.3, -0.25) is 0 Å². The van der Waals surface area contributed by atoms with E-state index in [0.717, 1.165) is 11.1 Å². The molecule has 2 rings (SSSR count). The van der Waals surface area contributed by atoms with Gasteiger partial charge in [0.25, 0.3) is 0 Å². The van der Waals surface area contributed by atoms with Crippen molar-refractivity contribution in [2.24, 2.45) is 0 Å². The van der Waals surface area contributed by atoms with Crippen molar-refractivity contribution in [1.29, 1.82) is 0 Å². The van der Waals surface area contributed by atoms with E-state index in [2.05, 4.69) is 0 Å². The van der Waals surface area contributed by atoms with Gasteiger partial charge in [-0.15, -0.1) is 0 Å². The smallest absolute Gasteiger partial charge is 0.345 e. The highest BCUT2D eigenvalue weighted by molar-refractivity contribution is 5.73. The van der Waals surface area contributed by atoms with Crippen LogP contribution in [-0.4, -0.2) is 31.4 Å². The standard InChI is InChI=1S/C20H24O5/c1-13(2)16-7-5-6-8-18(16)25-19(20(21)22)12-14-11-15(23-3)9-10-17(14)24-4/h5-11,13,19H,12H2,1-4H3,(H,21,22). The van der Waals surface area contributed by atoms with Crippen LogP contribution in [0, 0.1) is 0 Å². The molecule has 0 saturated carbocycles. The zero-order valence-corrected chi connectivity index (χ0v) is 15.0. The fourth-order valence-electron chi connectivity index (χ4n) is 2.64. The molecule has 1 atom stereocenters. The SMILES string of the molecule is COc1ccc(OC)c(CC(Oc2ccccc2C(C)C)C(=O)O)c1. The van der Waals surface area contributed by atoms with Crippen molar-refractivity contribution >= 4 is 5.97 Å². The second-order valence-electron chi connectivity index (χ2n) is 6.02. The van der Waals surface area contributed by atoms with Crippen LogP contribution in [0.4, 0.5) is 0 Å². The maximum absolute atomic E-state index is 11.7. The Kier molecular flexibility index (Phi) is 6.28. The zero-order valence-electron chi connectivity index (χ0n) is 15.0. The van der Waals surface area contributed by atoms with E-state index < -0.39 is 12.1 Å². The van der Waals surface area contributed by atoms with Crippen LogP contribution in [0.25, 0.3) is 0 Å². The minimum absolute atomic E-state index is 0.169. The van der Waals surface area contributed by atoms with Gasteiger partial charge in [-0.05, 0) is 35.7 Å². The number of methoxy groups -OCH3 is 2. The summed E-state index contributed by atoms with van der Waals surface area (Å²) in [6.07, 6.45) is -0.858. The molecule has 0 aliphatic rings. The Morgan fingerprint density at radius 1 is 1.04 bits per heavy atom. The Bertz CT molecular complexity index is 724. The maximum atomic E-state index is 11.7. The van der Waals surface area contributed by atoms with Crippen LogP contribution in [0.1, 0.15) is 30.9 Å². The van der Waals surface area contributed by atoms with Crippen LogP contribution < -0.4 is 14.2 Å². The van der Waals surface area contributed by atoms with Crippen molar-refractivity contribution in [3.63, 3.8) is 0 Å². The first kappa shape index (κ1) is 18.6. The molecule has 0 fully saturated rings. The quantitative estimate of drug-likeness (QED) is 0.787. The molecule has 0 aromatic heterocycles. The molecule has 0 heterocycles. The molecular formula is C20H24O5. The third-order valence-corrected chi connectivity index (χ3v) is 3.98. The lowest BCUT2D eigenvalue weighted by Crippen LogP contribution is -2.30. The van der Waals surface area contributed by atoms with E-state index in [4.69, 9.17) is 14.2 Å². The second kappa shape index (κ2) is 8.42. The fraction of sp³-hybridized carbons (Fsp3) is 0.350. The molecule has 0 aliphatic carbocycles. The summed E-state index contributed by atoms with van der Waals surface area (Å²) in [7, 11) is 3.12. The number of benzene rings is 2. The number of aliphatic carboxylic acids is 1. The van der Waals surface area contributed by atoms with Crippen LogP contribution >= 0.6 is 0 Å². The van der Waals surface area contributed by atoms with Crippen LogP contribution in [0.3, 0.4) is 0 Å². The van der Waals surface area contributed by atoms with Gasteiger partial charge in [0.05, 0.1) is 14.2 Å². The molecule has 2 aromatic carbocycles. The van der Waals surface area contributed by atoms with E-state index in [1.807, 2.05) is 32.0 Å². The van der Waals surface area contributed by atoms with E-state index in [1.54, 1.807) is 38.5 Å². The Morgan fingerprint density at radius 3 is 2.36 bits per heavy atom. The van der Waals surface area contributed by atoms with E-state index in [-0.39, 0.29) is 12.3 Å². The highest BCUT2D eigenvalue weighted by Crippen LogP contribution is 2.29. The average molecular weight is 344 g/mol. The molecule has 0 bridgehead atoms. The van der Waals surface area contributed by atoms with Crippen molar-refractivity contribution < 1.29 is 24.1 Å². The lowest BCUT2D eigenvalue weighted by Gasteiger charge is -2.20. The molecule has 1 unspecified atom stereocenters. The molecule has 0 spiro atoms. The van der Waals surface area contributed by atoms with Gasteiger partial charge < -0.3 is 19.3 Å². The number of hydrogen-bond acceptors (Lipinski definition) is 4. The molecule has 2 aromatic rings. The van der Waals surface area contributed by atoms with Crippen LogP contribution in [0.5, 0.6) is 17.2 Å². The highest BCUT2D eigenvalue weighted by atomic mass is 16.5. The molecule has 0 radical (unpaired) electrons. The van der Waals surface area contributed by atoms with E-state index in [1.165, 1.54) is 0 Å². The fourth-order valence-corrected chi connectivity index (χ4v) is 2.64. The van der Waals surface area contributed by atoms with Crippen molar-refractivity contribution in [3.8, 4) is 17.2 Å². The highest BCUT2D eigenvalue weighted by Gasteiger charge is 2.23. The third-order valence-electron chi connectivity index (χ3n) is 3.98. The lowest BCUT2D eigenvalue weighted by molar-refractivity contribution is -0.145. The summed E-state index contributed by atoms with van der Waals surface area (Å²) in [5.41, 5.74) is 1.70. The summed E-state index contributed by atoms with van der Waals surface area (Å²) >= 11 is 0. The number of carbonyl (C=O) groups is 1. The second-order valence-corrected chi connectivity index (χ2v) is 6.02. The minimum Gasteiger partial charge on any atom is -0.497 e. The summed E-state index contributed by atoms with van der Waals surface area (Å²) in [6, 6.07) is 12.8. The normalized spacial score (nSPS) is 11.9. The molecule has 0 saturated heterocycles. The van der Waals surface area contributed by atoms with Crippen molar-refractivity contribution in [2.45, 2.75) is 32.3 Å². The van der Waals surface area contributed by atoms with E-state index >= 15 is 0 Å². The monoisotopic (exact) mass is 344 g/mol. The van der Waals surface area contributed by atoms with Gasteiger partial charge in [0.2, 0.25) is 0 Å². The van der Waals surface area contributed by atoms with Crippen molar-refractivity contribution in [2.75, 3.05) is 14.2 Å².